The van der Waals surface area contributed by atoms with Crippen LogP contribution in [0.3, 0.4) is 0 Å². The molecule has 0 rings (SSSR count). The molecule has 0 bridgehead atoms. The summed E-state index contributed by atoms with van der Waals surface area (Å²) < 4.78 is 0. The number of carbonyl (C=O) groups is 2. The molecule has 0 saturated heterocycles. The van der Waals surface area contributed by atoms with Gasteiger partial charge < -0.3 is 20.3 Å². The van der Waals surface area contributed by atoms with Crippen LogP contribution in [0.1, 0.15) is 0 Å². The summed E-state index contributed by atoms with van der Waals surface area (Å²) in [5, 5.41) is 16.9. The predicted octanol–water partition coefficient (Wildman–Crippen LogP) is -3.13. The van der Waals surface area contributed by atoms with Gasteiger partial charge in [-0.3, -0.25) is 9.59 Å². The van der Waals surface area contributed by atoms with Gasteiger partial charge >= 0.3 is 19.5 Å². The first-order chi connectivity index (χ1) is 3.83. The molecular formula is C2H2O6Zn. The molecule has 0 aromatic heterocycles. The fraction of sp³-hybridized carbons (Fsp3) is 0. The van der Waals surface area contributed by atoms with E-state index in [1.807, 2.05) is 0 Å². The summed E-state index contributed by atoms with van der Waals surface area (Å²) >= 11 is 0. The minimum atomic E-state index is -0.181. The molecule has 0 spiro atoms. The second kappa shape index (κ2) is 25.9. The van der Waals surface area contributed by atoms with Crippen molar-refractivity contribution in [3.05, 3.63) is 0 Å². The van der Waals surface area contributed by atoms with Gasteiger partial charge in [0.1, 0.15) is 0 Å². The molecule has 0 aromatic carbocycles. The van der Waals surface area contributed by atoms with Crippen molar-refractivity contribution in [1.82, 2.24) is 0 Å². The van der Waals surface area contributed by atoms with Crippen molar-refractivity contribution in [3.8, 4) is 0 Å². The fourth-order valence-electron chi connectivity index (χ4n) is 0. The van der Waals surface area contributed by atoms with Crippen LogP contribution in [0.15, 0.2) is 0 Å². The largest absolute Gasteiger partial charge is 2.00 e. The Morgan fingerprint density at radius 3 is 1.11 bits per heavy atom. The van der Waals surface area contributed by atoms with Crippen LogP contribution in [0.5, 0.6) is 0 Å². The maximum absolute atomic E-state index is 8.64. The van der Waals surface area contributed by atoms with Crippen molar-refractivity contribution in [2.45, 2.75) is 0 Å². The van der Waals surface area contributed by atoms with E-state index in [1.165, 1.54) is 0 Å². The smallest absolute Gasteiger partial charge is 0.662 e. The van der Waals surface area contributed by atoms with Crippen molar-refractivity contribution in [3.63, 3.8) is 0 Å². The third-order valence-corrected chi connectivity index (χ3v) is 0.0786. The van der Waals surface area contributed by atoms with Crippen molar-refractivity contribution >= 4 is 12.9 Å². The second-order valence-electron chi connectivity index (χ2n) is 0.385. The van der Waals surface area contributed by atoms with Crippen molar-refractivity contribution in [1.29, 1.82) is 0 Å². The molecule has 0 radical (unpaired) electrons. The second-order valence-corrected chi connectivity index (χ2v) is 0.385. The Bertz CT molecular complexity index is 47.0. The molecule has 0 unspecified atom stereocenters. The Kier molecular flexibility index (Phi) is 45.5. The summed E-state index contributed by atoms with van der Waals surface area (Å²) in [6.07, 6.45) is 0. The van der Waals surface area contributed by atoms with Crippen LogP contribution >= 0.6 is 0 Å². The van der Waals surface area contributed by atoms with Crippen LogP contribution < -0.4 is 10.5 Å². The molecule has 0 fully saturated rings. The topological polar surface area (TPSA) is 98.7 Å². The van der Waals surface area contributed by atoms with E-state index in [2.05, 4.69) is 9.78 Å². The summed E-state index contributed by atoms with van der Waals surface area (Å²) in [6, 6.07) is 0. The van der Waals surface area contributed by atoms with Crippen LogP contribution in [0.4, 0.5) is 0 Å². The summed E-state index contributed by atoms with van der Waals surface area (Å²) in [7, 11) is 0. The van der Waals surface area contributed by atoms with E-state index < -0.39 is 0 Å². The van der Waals surface area contributed by atoms with Crippen LogP contribution in [0.2, 0.25) is 0 Å². The third kappa shape index (κ3) is 102. The molecule has 6 nitrogen and oxygen atoms in total. The van der Waals surface area contributed by atoms with Gasteiger partial charge in [0, 0.05) is 0 Å². The number of hydrogen-bond acceptors (Lipinski definition) is 6. The number of hydrogen-bond donors (Lipinski definition) is 0. The van der Waals surface area contributed by atoms with E-state index in [0.29, 0.717) is 0 Å². The minimum absolute atomic E-state index is 0. The SMILES string of the molecule is O=CO[O-].O=CO[O-].[Zn+2]. The summed E-state index contributed by atoms with van der Waals surface area (Å²) in [5.74, 6) is 0. The van der Waals surface area contributed by atoms with Gasteiger partial charge in [-0.2, -0.15) is 0 Å². The Morgan fingerprint density at radius 2 is 1.11 bits per heavy atom. The van der Waals surface area contributed by atoms with E-state index in [-0.39, 0.29) is 32.4 Å². The maximum atomic E-state index is 8.64. The van der Waals surface area contributed by atoms with E-state index in [4.69, 9.17) is 20.1 Å². The van der Waals surface area contributed by atoms with Gasteiger partial charge in [0.25, 0.3) is 12.9 Å². The first-order valence-electron chi connectivity index (χ1n) is 1.28. The Hall–Kier alpha value is -0.517. The van der Waals surface area contributed by atoms with Gasteiger partial charge in [-0.05, 0) is 0 Å². The molecule has 48 valence electrons. The van der Waals surface area contributed by atoms with E-state index in [0.717, 1.165) is 0 Å². The maximum Gasteiger partial charge on any atom is 2.00 e. The van der Waals surface area contributed by atoms with Gasteiger partial charge in [-0.15, -0.1) is 0 Å². The minimum Gasteiger partial charge on any atom is -0.662 e. The van der Waals surface area contributed by atoms with Gasteiger partial charge in [0.2, 0.25) is 0 Å². The molecule has 0 aliphatic heterocycles. The first kappa shape index (κ1) is 15.8. The average molecular weight is 187 g/mol. The Morgan fingerprint density at radius 1 is 1.00 bits per heavy atom. The van der Waals surface area contributed by atoms with Crippen LogP contribution in [0.25, 0.3) is 0 Å². The molecule has 0 saturated carbocycles. The number of carbonyl (C=O) groups excluding carboxylic acids is 2. The first-order valence-corrected chi connectivity index (χ1v) is 1.28. The van der Waals surface area contributed by atoms with Gasteiger partial charge in [0.05, 0.1) is 0 Å². The van der Waals surface area contributed by atoms with Gasteiger partial charge in [-0.1, -0.05) is 0 Å². The van der Waals surface area contributed by atoms with E-state index in [1.54, 1.807) is 0 Å². The molecule has 0 aromatic rings. The quantitative estimate of drug-likeness (QED) is 0.196. The molecule has 9 heavy (non-hydrogen) atoms. The zero-order chi connectivity index (χ0) is 6.83. The standard InChI is InChI=1S/2CH2O3.Zn/c2*2-1-4-3;/h2*1,3H;/q;;+2/p-2. The molecule has 0 aliphatic rings. The molecule has 0 N–H and O–H groups in total. The summed E-state index contributed by atoms with van der Waals surface area (Å²) in [4.78, 5) is 22.5. The molecule has 0 aliphatic carbocycles. The fourth-order valence-corrected chi connectivity index (χ4v) is 0. The van der Waals surface area contributed by atoms with E-state index in [9.17, 15) is 0 Å². The Labute approximate surface area is 63.0 Å². The summed E-state index contributed by atoms with van der Waals surface area (Å²) in [6.45, 7) is -0.361. The zero-order valence-electron chi connectivity index (χ0n) is 4.31. The van der Waals surface area contributed by atoms with Gasteiger partial charge in [0.15, 0.2) is 0 Å². The molecule has 7 heteroatoms. The molecule has 0 heterocycles. The predicted molar refractivity (Wildman–Crippen MR) is 14.3 cm³/mol. The third-order valence-electron chi connectivity index (χ3n) is 0.0786. The normalized spacial score (nSPS) is 4.67. The molecular weight excluding hydrogens is 185 g/mol. The van der Waals surface area contributed by atoms with Crippen LogP contribution in [-0.4, -0.2) is 12.9 Å². The Balaban J connectivity index is -0.0000000720. The van der Waals surface area contributed by atoms with Crippen LogP contribution in [-0.2, 0) is 38.8 Å². The van der Waals surface area contributed by atoms with Crippen molar-refractivity contribution < 1.29 is 49.4 Å². The molecule has 0 amide bonds. The monoisotopic (exact) mass is 186 g/mol. The number of rotatable bonds is 2. The molecule has 0 atom stereocenters. The summed E-state index contributed by atoms with van der Waals surface area (Å²) in [5.41, 5.74) is 0. The average Bonchev–Trinajstić information content (AvgIpc) is 1.88. The van der Waals surface area contributed by atoms with Crippen molar-refractivity contribution in [2.24, 2.45) is 0 Å². The zero-order valence-corrected chi connectivity index (χ0v) is 7.28. The van der Waals surface area contributed by atoms with Crippen molar-refractivity contribution in [2.75, 3.05) is 0 Å². The van der Waals surface area contributed by atoms with E-state index >= 15 is 0 Å². The van der Waals surface area contributed by atoms with Crippen LogP contribution in [0, 0.1) is 0 Å². The van der Waals surface area contributed by atoms with Gasteiger partial charge in [-0.25, -0.2) is 0 Å².